The maximum Gasteiger partial charge on any atom is 0.185 e. The van der Waals surface area contributed by atoms with E-state index in [-0.39, 0.29) is 5.54 Å². The van der Waals surface area contributed by atoms with Gasteiger partial charge in [-0.15, -0.1) is 11.3 Å². The van der Waals surface area contributed by atoms with Crippen LogP contribution in [0.5, 0.6) is 0 Å². The van der Waals surface area contributed by atoms with Gasteiger partial charge in [0.2, 0.25) is 0 Å². The highest BCUT2D eigenvalue weighted by atomic mass is 32.1. The predicted molar refractivity (Wildman–Crippen MR) is 89.7 cm³/mol. The van der Waals surface area contributed by atoms with E-state index in [1.165, 1.54) is 10.4 Å². The van der Waals surface area contributed by atoms with Gasteiger partial charge < -0.3 is 10.2 Å². The highest BCUT2D eigenvalue weighted by Gasteiger charge is 2.13. The molecule has 0 unspecified atom stereocenters. The Kier molecular flexibility index (Phi) is 5.31. The average Bonchev–Trinajstić information content (AvgIpc) is 2.92. The lowest BCUT2D eigenvalue weighted by atomic mass is 10.1. The quantitative estimate of drug-likeness (QED) is 0.887. The van der Waals surface area contributed by atoms with Crippen LogP contribution in [0, 0.1) is 0 Å². The summed E-state index contributed by atoms with van der Waals surface area (Å²) in [6.07, 6.45) is 5.65. The molecule has 0 spiro atoms. The fourth-order valence-electron chi connectivity index (χ4n) is 1.90. The number of nitrogens with one attached hydrogen (secondary N) is 1. The van der Waals surface area contributed by atoms with E-state index in [4.69, 9.17) is 0 Å². The standard InChI is InChI=1S/C16H24N4S/c1-5-20(12-13-6-8-17-9-7-13)15-18-10-14(21-15)11-19-16(2,3)4/h6-10,19H,5,11-12H2,1-4H3. The third-order valence-electron chi connectivity index (χ3n) is 3.11. The van der Waals surface area contributed by atoms with Gasteiger partial charge in [-0.1, -0.05) is 0 Å². The minimum absolute atomic E-state index is 0.131. The van der Waals surface area contributed by atoms with Gasteiger partial charge in [-0.25, -0.2) is 4.98 Å². The topological polar surface area (TPSA) is 41.1 Å². The van der Waals surface area contributed by atoms with Gasteiger partial charge in [-0.05, 0) is 45.4 Å². The van der Waals surface area contributed by atoms with Crippen LogP contribution in [0.1, 0.15) is 38.1 Å². The number of hydrogen-bond donors (Lipinski definition) is 1. The van der Waals surface area contributed by atoms with Gasteiger partial charge in [-0.3, -0.25) is 4.98 Å². The second kappa shape index (κ2) is 7.00. The molecule has 0 bridgehead atoms. The molecule has 0 radical (unpaired) electrons. The summed E-state index contributed by atoms with van der Waals surface area (Å²) in [5.41, 5.74) is 1.39. The summed E-state index contributed by atoms with van der Waals surface area (Å²) in [4.78, 5) is 12.2. The van der Waals surface area contributed by atoms with Gasteiger partial charge in [0, 0.05) is 48.6 Å². The zero-order valence-corrected chi connectivity index (χ0v) is 14.1. The number of rotatable bonds is 6. The highest BCUT2D eigenvalue weighted by molar-refractivity contribution is 7.15. The minimum Gasteiger partial charge on any atom is -0.344 e. The van der Waals surface area contributed by atoms with Gasteiger partial charge in [0.05, 0.1) is 0 Å². The lowest BCUT2D eigenvalue weighted by Crippen LogP contribution is -2.34. The highest BCUT2D eigenvalue weighted by Crippen LogP contribution is 2.24. The zero-order chi connectivity index (χ0) is 15.3. The molecule has 0 fully saturated rings. The fraction of sp³-hybridized carbons (Fsp3) is 0.500. The number of pyridine rings is 1. The maximum absolute atomic E-state index is 4.57. The lowest BCUT2D eigenvalue weighted by molar-refractivity contribution is 0.426. The van der Waals surface area contributed by atoms with Crippen molar-refractivity contribution < 1.29 is 0 Å². The molecule has 1 N–H and O–H groups in total. The molecule has 2 aromatic heterocycles. The molecule has 5 heteroatoms. The van der Waals surface area contributed by atoms with Crippen LogP contribution in [0.4, 0.5) is 5.13 Å². The maximum atomic E-state index is 4.57. The van der Waals surface area contributed by atoms with Crippen molar-refractivity contribution in [1.29, 1.82) is 0 Å². The molecule has 0 amide bonds. The van der Waals surface area contributed by atoms with E-state index >= 15 is 0 Å². The Morgan fingerprint density at radius 2 is 1.95 bits per heavy atom. The van der Waals surface area contributed by atoms with Crippen molar-refractivity contribution in [3.8, 4) is 0 Å². The Labute approximate surface area is 131 Å². The minimum atomic E-state index is 0.131. The third-order valence-corrected chi connectivity index (χ3v) is 4.17. The summed E-state index contributed by atoms with van der Waals surface area (Å²) >= 11 is 1.76. The fourth-order valence-corrected chi connectivity index (χ4v) is 2.81. The summed E-state index contributed by atoms with van der Waals surface area (Å²) in [7, 11) is 0. The van der Waals surface area contributed by atoms with E-state index in [2.05, 4.69) is 60.0 Å². The van der Waals surface area contributed by atoms with E-state index < -0.39 is 0 Å². The van der Waals surface area contributed by atoms with Crippen LogP contribution in [0.2, 0.25) is 0 Å². The van der Waals surface area contributed by atoms with Crippen molar-refractivity contribution in [3.63, 3.8) is 0 Å². The number of nitrogens with zero attached hydrogens (tertiary/aromatic N) is 3. The van der Waals surface area contributed by atoms with Crippen molar-refractivity contribution in [2.45, 2.75) is 46.3 Å². The summed E-state index contributed by atoms with van der Waals surface area (Å²) < 4.78 is 0. The number of aromatic nitrogens is 2. The van der Waals surface area contributed by atoms with E-state index in [9.17, 15) is 0 Å². The first kappa shape index (κ1) is 15.9. The van der Waals surface area contributed by atoms with Crippen molar-refractivity contribution in [1.82, 2.24) is 15.3 Å². The van der Waals surface area contributed by atoms with Crippen molar-refractivity contribution >= 4 is 16.5 Å². The second-order valence-corrected chi connectivity index (χ2v) is 7.18. The Morgan fingerprint density at radius 1 is 1.24 bits per heavy atom. The van der Waals surface area contributed by atoms with Crippen LogP contribution in [0.15, 0.2) is 30.7 Å². The molecule has 0 atom stereocenters. The normalized spacial score (nSPS) is 11.6. The molecule has 0 aliphatic heterocycles. The van der Waals surface area contributed by atoms with Gasteiger partial charge in [0.25, 0.3) is 0 Å². The number of anilines is 1. The molecule has 2 aromatic rings. The third kappa shape index (κ3) is 5.10. The van der Waals surface area contributed by atoms with Gasteiger partial charge in [0.1, 0.15) is 0 Å². The second-order valence-electron chi connectivity index (χ2n) is 6.08. The molecule has 0 aromatic carbocycles. The molecule has 2 heterocycles. The van der Waals surface area contributed by atoms with E-state index in [0.29, 0.717) is 0 Å². The largest absolute Gasteiger partial charge is 0.344 e. The van der Waals surface area contributed by atoms with Gasteiger partial charge >= 0.3 is 0 Å². The Morgan fingerprint density at radius 3 is 2.57 bits per heavy atom. The molecular weight excluding hydrogens is 280 g/mol. The van der Waals surface area contributed by atoms with Gasteiger partial charge in [0.15, 0.2) is 5.13 Å². The van der Waals surface area contributed by atoms with Gasteiger partial charge in [-0.2, -0.15) is 0 Å². The first-order valence-corrected chi connectivity index (χ1v) is 8.13. The smallest absolute Gasteiger partial charge is 0.185 e. The Hall–Kier alpha value is -1.46. The first-order chi connectivity index (χ1) is 9.98. The van der Waals surface area contributed by atoms with Crippen LogP contribution >= 0.6 is 11.3 Å². The van der Waals surface area contributed by atoms with E-state index in [1.807, 2.05) is 18.6 Å². The molecule has 4 nitrogen and oxygen atoms in total. The van der Waals surface area contributed by atoms with E-state index in [0.717, 1.165) is 24.8 Å². The number of thiazole rings is 1. The van der Waals surface area contributed by atoms with Crippen LogP contribution in [-0.4, -0.2) is 22.1 Å². The monoisotopic (exact) mass is 304 g/mol. The first-order valence-electron chi connectivity index (χ1n) is 7.31. The molecular formula is C16H24N4S. The van der Waals surface area contributed by atoms with E-state index in [1.54, 1.807) is 11.3 Å². The summed E-state index contributed by atoms with van der Waals surface area (Å²) in [6.45, 7) is 11.4. The molecule has 21 heavy (non-hydrogen) atoms. The molecule has 114 valence electrons. The van der Waals surface area contributed by atoms with Crippen molar-refractivity contribution in [3.05, 3.63) is 41.2 Å². The van der Waals surface area contributed by atoms with Crippen LogP contribution in [0.25, 0.3) is 0 Å². The SMILES string of the molecule is CCN(Cc1ccncc1)c1ncc(CNC(C)(C)C)s1. The summed E-state index contributed by atoms with van der Waals surface area (Å²) in [5, 5.41) is 4.59. The summed E-state index contributed by atoms with van der Waals surface area (Å²) in [5.74, 6) is 0. The Balaban J connectivity index is 2.01. The average molecular weight is 304 g/mol. The summed E-state index contributed by atoms with van der Waals surface area (Å²) in [6, 6.07) is 4.11. The molecule has 0 saturated carbocycles. The molecule has 0 saturated heterocycles. The molecule has 0 aliphatic rings. The number of hydrogen-bond acceptors (Lipinski definition) is 5. The lowest BCUT2D eigenvalue weighted by Gasteiger charge is -2.20. The molecule has 2 rings (SSSR count). The van der Waals surface area contributed by atoms with Crippen LogP contribution in [0.3, 0.4) is 0 Å². The predicted octanol–water partition coefficient (Wildman–Crippen LogP) is 3.45. The van der Waals surface area contributed by atoms with Crippen LogP contribution < -0.4 is 10.2 Å². The Bertz CT molecular complexity index is 545. The molecule has 0 aliphatic carbocycles. The van der Waals surface area contributed by atoms with Crippen molar-refractivity contribution in [2.75, 3.05) is 11.4 Å². The zero-order valence-electron chi connectivity index (χ0n) is 13.3. The van der Waals surface area contributed by atoms with Crippen molar-refractivity contribution in [2.24, 2.45) is 0 Å². The van der Waals surface area contributed by atoms with Crippen LogP contribution in [-0.2, 0) is 13.1 Å².